The Labute approximate surface area is 305 Å². The number of rotatable bonds is 12. The number of aliphatic hydroxyl groups excluding tert-OH is 1. The highest BCUT2D eigenvalue weighted by Gasteiger charge is 2.66. The van der Waals surface area contributed by atoms with Crippen molar-refractivity contribution in [1.82, 2.24) is 4.90 Å². The van der Waals surface area contributed by atoms with Crippen LogP contribution in [0.3, 0.4) is 0 Å². The highest BCUT2D eigenvalue weighted by molar-refractivity contribution is 6.71. The molecule has 4 atom stereocenters. The first-order valence-corrected chi connectivity index (χ1v) is 20.5. The number of hydrogen-bond acceptors (Lipinski definition) is 8. The quantitative estimate of drug-likeness (QED) is 0.114. The maximum absolute atomic E-state index is 14.9. The van der Waals surface area contributed by atoms with Crippen LogP contribution in [-0.4, -0.2) is 67.2 Å². The monoisotopic (exact) mass is 722 g/mol. The summed E-state index contributed by atoms with van der Waals surface area (Å²) in [6.07, 6.45) is -0.811. The first-order chi connectivity index (χ1) is 24.8. The number of ether oxygens (including phenoxy) is 2. The number of nitrogens with one attached hydrogen (secondary N) is 1. The molecule has 5 N–H and O–H groups in total. The molecule has 0 aromatic heterocycles. The van der Waals surface area contributed by atoms with E-state index < -0.39 is 31.5 Å². The number of hydrogen-bond donors (Lipinski definition) is 4. The Morgan fingerprint density at radius 1 is 1.00 bits per heavy atom. The van der Waals surface area contributed by atoms with Gasteiger partial charge in [-0.2, -0.15) is 0 Å². The average molecular weight is 723 g/mol. The van der Waals surface area contributed by atoms with Crippen LogP contribution in [0, 0.1) is 5.92 Å². The molecule has 11 nitrogen and oxygen atoms in total. The Balaban J connectivity index is 1.28. The molecule has 12 heteroatoms. The Bertz CT molecular complexity index is 1920. The molecule has 0 unspecified atom stereocenters. The van der Waals surface area contributed by atoms with Gasteiger partial charge in [-0.3, -0.25) is 14.4 Å². The Hall–Kier alpha value is -5.01. The van der Waals surface area contributed by atoms with Crippen LogP contribution in [0.2, 0.25) is 18.6 Å². The van der Waals surface area contributed by atoms with Gasteiger partial charge in [-0.15, -0.1) is 0 Å². The van der Waals surface area contributed by atoms with E-state index in [0.717, 1.165) is 11.1 Å². The van der Waals surface area contributed by atoms with Crippen LogP contribution < -0.4 is 20.7 Å². The van der Waals surface area contributed by atoms with Crippen molar-refractivity contribution in [1.29, 1.82) is 0 Å². The third-order valence-electron chi connectivity index (χ3n) is 10.2. The summed E-state index contributed by atoms with van der Waals surface area (Å²) >= 11 is 0. The molecule has 1 spiro atoms. The highest BCUT2D eigenvalue weighted by Crippen LogP contribution is 2.60. The normalized spacial score (nSPS) is 20.9. The minimum absolute atomic E-state index is 0.0588. The third kappa shape index (κ3) is 7.20. The van der Waals surface area contributed by atoms with Gasteiger partial charge in [-0.1, -0.05) is 49.4 Å². The van der Waals surface area contributed by atoms with E-state index in [1.165, 1.54) is 0 Å². The highest BCUT2D eigenvalue weighted by atomic mass is 28.4. The molecule has 4 aromatic carbocycles. The molecule has 3 amide bonds. The Morgan fingerprint density at radius 3 is 2.33 bits per heavy atom. The number of benzene rings is 4. The number of nitrogens with zero attached hydrogens (tertiary/aromatic N) is 2. The van der Waals surface area contributed by atoms with Gasteiger partial charge < -0.3 is 40.2 Å². The molecule has 2 aliphatic rings. The van der Waals surface area contributed by atoms with E-state index in [1.807, 2.05) is 74.6 Å². The van der Waals surface area contributed by atoms with Gasteiger partial charge in [-0.25, -0.2) is 0 Å². The minimum Gasteiger partial charge on any atom is -0.497 e. The van der Waals surface area contributed by atoms with Crippen molar-refractivity contribution >= 4 is 43.1 Å². The predicted molar refractivity (Wildman–Crippen MR) is 202 cm³/mol. The van der Waals surface area contributed by atoms with Crippen LogP contribution >= 0.6 is 0 Å². The van der Waals surface area contributed by atoms with Gasteiger partial charge in [0.25, 0.3) is 11.8 Å². The van der Waals surface area contributed by atoms with Crippen molar-refractivity contribution in [2.75, 3.05) is 36.2 Å². The fraction of sp³-hybridized carbons (Fsp3) is 0.325. The van der Waals surface area contributed by atoms with E-state index in [4.69, 9.17) is 15.2 Å². The molecule has 0 radical (unpaired) electrons. The van der Waals surface area contributed by atoms with Gasteiger partial charge in [0.1, 0.15) is 5.75 Å². The zero-order valence-electron chi connectivity index (χ0n) is 29.9. The predicted octanol–water partition coefficient (Wildman–Crippen LogP) is 5.29. The zero-order valence-corrected chi connectivity index (χ0v) is 30.9. The number of anilines is 3. The average Bonchev–Trinajstić information content (AvgIpc) is 3.55. The summed E-state index contributed by atoms with van der Waals surface area (Å²) in [4.78, 5) is 56.5. The third-order valence-corrected chi connectivity index (χ3v) is 12.7. The number of methoxy groups -OCH3 is 1. The van der Waals surface area contributed by atoms with Crippen LogP contribution in [0.1, 0.15) is 40.4 Å². The van der Waals surface area contributed by atoms with Crippen LogP contribution in [0.5, 0.6) is 5.75 Å². The maximum atomic E-state index is 14.9. The number of carbonyl (C=O) groups excluding carboxylic acids is 3. The molecule has 6 rings (SSSR count). The lowest BCUT2D eigenvalue weighted by Gasteiger charge is -2.32. The maximum Gasteiger partial charge on any atom is 0.264 e. The number of nitrogens with two attached hydrogens (primary N) is 1. The Morgan fingerprint density at radius 2 is 1.69 bits per heavy atom. The van der Waals surface area contributed by atoms with Crippen LogP contribution in [0.25, 0.3) is 0 Å². The standard InChI is InChI=1S/C40H46N4O7Si/c1-26-37(52(3,4)49)35(23-36(46)43(20-21-45)24-27-8-6-5-7-9-27)51-40(26)33-22-32(50-2)18-19-34(33)44(39(40)48)25-28-10-16-31(17-11-28)42-38(47)29-12-14-30(41)15-13-29/h5-19,22,26,35,37,45,49H,20-21,23-25,41H2,1-4H3,(H,42,47)/t26-,35+,37-,40+/m1/s1. The summed E-state index contributed by atoms with van der Waals surface area (Å²) < 4.78 is 12.5. The smallest absolute Gasteiger partial charge is 0.264 e. The lowest BCUT2D eigenvalue weighted by Crippen LogP contribution is -2.46. The van der Waals surface area contributed by atoms with Crippen LogP contribution in [-0.2, 0) is 33.0 Å². The van der Waals surface area contributed by atoms with Crippen LogP contribution in [0.15, 0.2) is 97.1 Å². The number of fused-ring (bicyclic) bond motifs is 2. The van der Waals surface area contributed by atoms with E-state index in [0.29, 0.717) is 40.5 Å². The molecule has 1 fully saturated rings. The van der Waals surface area contributed by atoms with Gasteiger partial charge in [0, 0.05) is 47.1 Å². The molecule has 2 heterocycles. The van der Waals surface area contributed by atoms with Crippen molar-refractivity contribution in [3.63, 3.8) is 0 Å². The van der Waals surface area contributed by atoms with Gasteiger partial charge in [-0.05, 0) is 78.8 Å². The summed E-state index contributed by atoms with van der Waals surface area (Å²) in [5.74, 6) is -0.701. The molecule has 2 aliphatic heterocycles. The number of carbonyl (C=O) groups is 3. The van der Waals surface area contributed by atoms with E-state index >= 15 is 0 Å². The molecule has 0 aliphatic carbocycles. The second-order valence-electron chi connectivity index (χ2n) is 14.1. The topological polar surface area (TPSA) is 155 Å². The summed E-state index contributed by atoms with van der Waals surface area (Å²) in [7, 11) is -1.48. The van der Waals surface area contributed by atoms with Crippen molar-refractivity contribution in [3.05, 3.63) is 119 Å². The van der Waals surface area contributed by atoms with Gasteiger partial charge in [0.2, 0.25) is 5.91 Å². The molecule has 272 valence electrons. The van der Waals surface area contributed by atoms with Gasteiger partial charge in [0.05, 0.1) is 38.5 Å². The molecule has 52 heavy (non-hydrogen) atoms. The summed E-state index contributed by atoms with van der Waals surface area (Å²) in [6, 6.07) is 29.0. The summed E-state index contributed by atoms with van der Waals surface area (Å²) in [5.41, 5.74) is 8.51. The summed E-state index contributed by atoms with van der Waals surface area (Å²) in [5, 5.41) is 12.7. The first kappa shape index (κ1) is 36.8. The molecular weight excluding hydrogens is 677 g/mol. The zero-order chi connectivity index (χ0) is 37.2. The fourth-order valence-electron chi connectivity index (χ4n) is 7.77. The largest absolute Gasteiger partial charge is 0.497 e. The Kier molecular flexibility index (Phi) is 10.5. The molecule has 1 saturated heterocycles. The van der Waals surface area contributed by atoms with Crippen LogP contribution in [0.4, 0.5) is 17.1 Å². The van der Waals surface area contributed by atoms with E-state index in [-0.39, 0.29) is 43.8 Å². The number of amides is 3. The minimum atomic E-state index is -3.04. The number of aliphatic hydroxyl groups is 1. The molecule has 4 aromatic rings. The number of nitrogen functional groups attached to an aromatic ring is 1. The van der Waals surface area contributed by atoms with E-state index in [2.05, 4.69) is 5.32 Å². The molecular formula is C40H46N4O7Si. The lowest BCUT2D eigenvalue weighted by atomic mass is 9.82. The van der Waals surface area contributed by atoms with Crippen molar-refractivity contribution in [2.45, 2.75) is 56.8 Å². The van der Waals surface area contributed by atoms with Gasteiger partial charge in [0.15, 0.2) is 13.9 Å². The van der Waals surface area contributed by atoms with Gasteiger partial charge >= 0.3 is 0 Å². The van der Waals surface area contributed by atoms with Crippen molar-refractivity contribution < 1.29 is 33.8 Å². The summed E-state index contributed by atoms with van der Waals surface area (Å²) in [6.45, 7) is 6.04. The fourth-order valence-corrected chi connectivity index (χ4v) is 10.3. The van der Waals surface area contributed by atoms with E-state index in [9.17, 15) is 24.3 Å². The first-order valence-electron chi connectivity index (χ1n) is 17.4. The second-order valence-corrected chi connectivity index (χ2v) is 18.1. The molecule has 0 saturated carbocycles. The SMILES string of the molecule is COc1ccc2c(c1)[C@]1(O[C@@H](CC(=O)N(CCO)Cc3ccccc3)[C@H]([Si](C)(C)O)[C@H]1C)C(=O)N2Cc1ccc(NC(=O)c2ccc(N)cc2)cc1. The molecule has 0 bridgehead atoms. The lowest BCUT2D eigenvalue weighted by molar-refractivity contribution is -0.150. The second kappa shape index (κ2) is 14.9. The van der Waals surface area contributed by atoms with E-state index in [1.54, 1.807) is 59.4 Å². The van der Waals surface area contributed by atoms with Crippen molar-refractivity contribution in [2.24, 2.45) is 5.92 Å². The van der Waals surface area contributed by atoms with Crippen molar-refractivity contribution in [3.8, 4) is 5.75 Å².